The molecule has 0 radical (unpaired) electrons. The zero-order chi connectivity index (χ0) is 10.0. The SMILES string of the molecule is O=C(OC1CCC1)C1(O)CCNCC1. The van der Waals surface area contributed by atoms with Crippen LogP contribution in [0.5, 0.6) is 0 Å². The number of carbonyl (C=O) groups excluding carboxylic acids is 1. The van der Waals surface area contributed by atoms with Gasteiger partial charge in [0, 0.05) is 0 Å². The summed E-state index contributed by atoms with van der Waals surface area (Å²) in [5, 5.41) is 13.1. The first-order chi connectivity index (χ1) is 6.71. The molecule has 14 heavy (non-hydrogen) atoms. The number of nitrogens with one attached hydrogen (secondary N) is 1. The molecular weight excluding hydrogens is 182 g/mol. The molecule has 2 N–H and O–H groups in total. The third kappa shape index (κ3) is 1.91. The molecule has 80 valence electrons. The van der Waals surface area contributed by atoms with Gasteiger partial charge in [-0.05, 0) is 45.2 Å². The highest BCUT2D eigenvalue weighted by molar-refractivity contribution is 5.79. The van der Waals surface area contributed by atoms with E-state index in [0.29, 0.717) is 25.9 Å². The Hall–Kier alpha value is -0.610. The summed E-state index contributed by atoms with van der Waals surface area (Å²) in [6, 6.07) is 0. The summed E-state index contributed by atoms with van der Waals surface area (Å²) in [5.74, 6) is -0.413. The van der Waals surface area contributed by atoms with E-state index in [-0.39, 0.29) is 6.10 Å². The molecule has 1 saturated carbocycles. The molecule has 2 aliphatic rings. The lowest BCUT2D eigenvalue weighted by molar-refractivity contribution is -0.177. The normalized spacial score (nSPS) is 26.6. The van der Waals surface area contributed by atoms with Crippen molar-refractivity contribution in [3.8, 4) is 0 Å². The number of piperidine rings is 1. The monoisotopic (exact) mass is 199 g/mol. The van der Waals surface area contributed by atoms with Gasteiger partial charge in [0.25, 0.3) is 0 Å². The third-order valence-corrected chi connectivity index (χ3v) is 3.14. The van der Waals surface area contributed by atoms with E-state index < -0.39 is 11.6 Å². The van der Waals surface area contributed by atoms with Crippen LogP contribution in [0.2, 0.25) is 0 Å². The van der Waals surface area contributed by atoms with Crippen molar-refractivity contribution in [3.63, 3.8) is 0 Å². The van der Waals surface area contributed by atoms with Crippen molar-refractivity contribution in [3.05, 3.63) is 0 Å². The van der Waals surface area contributed by atoms with E-state index in [1.165, 1.54) is 0 Å². The van der Waals surface area contributed by atoms with E-state index in [2.05, 4.69) is 5.32 Å². The maximum Gasteiger partial charge on any atom is 0.338 e. The van der Waals surface area contributed by atoms with E-state index >= 15 is 0 Å². The summed E-state index contributed by atoms with van der Waals surface area (Å²) < 4.78 is 5.21. The van der Waals surface area contributed by atoms with Crippen molar-refractivity contribution in [2.75, 3.05) is 13.1 Å². The zero-order valence-corrected chi connectivity index (χ0v) is 8.29. The number of aliphatic hydroxyl groups is 1. The second-order valence-corrected chi connectivity index (χ2v) is 4.24. The molecule has 0 bridgehead atoms. The van der Waals surface area contributed by atoms with Crippen LogP contribution in [0.15, 0.2) is 0 Å². The summed E-state index contributed by atoms with van der Waals surface area (Å²) in [6.45, 7) is 1.38. The maximum absolute atomic E-state index is 11.6. The lowest BCUT2D eigenvalue weighted by Crippen LogP contribution is -2.50. The Bertz CT molecular complexity index is 219. The van der Waals surface area contributed by atoms with Crippen LogP contribution in [-0.2, 0) is 9.53 Å². The lowest BCUT2D eigenvalue weighted by atomic mass is 9.91. The van der Waals surface area contributed by atoms with Crippen LogP contribution in [0, 0.1) is 0 Å². The highest BCUT2D eigenvalue weighted by Gasteiger charge is 2.40. The number of rotatable bonds is 2. The fourth-order valence-electron chi connectivity index (χ4n) is 1.79. The first-order valence-electron chi connectivity index (χ1n) is 5.35. The van der Waals surface area contributed by atoms with Crippen LogP contribution in [0.25, 0.3) is 0 Å². The van der Waals surface area contributed by atoms with Crippen molar-refractivity contribution in [1.29, 1.82) is 0 Å². The summed E-state index contributed by atoms with van der Waals surface area (Å²) in [6.07, 6.45) is 4.07. The largest absolute Gasteiger partial charge is 0.460 e. The summed E-state index contributed by atoms with van der Waals surface area (Å²) in [4.78, 5) is 11.6. The van der Waals surface area contributed by atoms with Gasteiger partial charge < -0.3 is 15.2 Å². The molecule has 0 unspecified atom stereocenters. The molecule has 0 aromatic rings. The minimum Gasteiger partial charge on any atom is -0.460 e. The topological polar surface area (TPSA) is 58.6 Å². The molecule has 4 nitrogen and oxygen atoms in total. The third-order valence-electron chi connectivity index (χ3n) is 3.14. The minimum absolute atomic E-state index is 0.0708. The molecule has 1 heterocycles. The molecule has 1 aliphatic carbocycles. The van der Waals surface area contributed by atoms with Crippen LogP contribution in [0.3, 0.4) is 0 Å². The van der Waals surface area contributed by atoms with Crippen molar-refractivity contribution >= 4 is 5.97 Å². The zero-order valence-electron chi connectivity index (χ0n) is 8.29. The van der Waals surface area contributed by atoms with Gasteiger partial charge in [0.1, 0.15) is 6.10 Å². The predicted molar refractivity (Wildman–Crippen MR) is 50.8 cm³/mol. The van der Waals surface area contributed by atoms with Gasteiger partial charge in [0.05, 0.1) is 0 Å². The predicted octanol–water partition coefficient (Wildman–Crippen LogP) is 0.197. The molecule has 0 spiro atoms. The van der Waals surface area contributed by atoms with E-state index in [1.54, 1.807) is 0 Å². The van der Waals surface area contributed by atoms with Crippen LogP contribution < -0.4 is 5.32 Å². The van der Waals surface area contributed by atoms with Gasteiger partial charge in [-0.3, -0.25) is 0 Å². The average Bonchev–Trinajstić information content (AvgIpc) is 2.12. The van der Waals surface area contributed by atoms with Gasteiger partial charge in [-0.25, -0.2) is 4.79 Å². The molecular formula is C10H17NO3. The standard InChI is InChI=1S/C10H17NO3/c12-9(14-8-2-1-3-8)10(13)4-6-11-7-5-10/h8,11,13H,1-7H2. The van der Waals surface area contributed by atoms with Gasteiger partial charge in [-0.15, -0.1) is 0 Å². The van der Waals surface area contributed by atoms with Crippen LogP contribution >= 0.6 is 0 Å². The van der Waals surface area contributed by atoms with Crippen molar-refractivity contribution < 1.29 is 14.6 Å². The Morgan fingerprint density at radius 3 is 2.50 bits per heavy atom. The highest BCUT2D eigenvalue weighted by atomic mass is 16.6. The second kappa shape index (κ2) is 3.87. The van der Waals surface area contributed by atoms with Crippen LogP contribution in [0.4, 0.5) is 0 Å². The Morgan fingerprint density at radius 1 is 1.36 bits per heavy atom. The molecule has 4 heteroatoms. The maximum atomic E-state index is 11.6. The minimum atomic E-state index is -1.22. The average molecular weight is 199 g/mol. The molecule has 2 rings (SSSR count). The van der Waals surface area contributed by atoms with E-state index in [4.69, 9.17) is 4.74 Å². The molecule has 0 atom stereocenters. The van der Waals surface area contributed by atoms with Gasteiger partial charge in [0.2, 0.25) is 0 Å². The number of hydrogen-bond acceptors (Lipinski definition) is 4. The summed E-state index contributed by atoms with van der Waals surface area (Å²) in [7, 11) is 0. The lowest BCUT2D eigenvalue weighted by Gasteiger charge is -2.34. The van der Waals surface area contributed by atoms with Crippen molar-refractivity contribution in [2.24, 2.45) is 0 Å². The molecule has 0 aromatic heterocycles. The Kier molecular flexibility index (Phi) is 2.74. The van der Waals surface area contributed by atoms with Crippen LogP contribution in [-0.4, -0.2) is 35.9 Å². The van der Waals surface area contributed by atoms with E-state index in [1.807, 2.05) is 0 Å². The fraction of sp³-hybridized carbons (Fsp3) is 0.900. The number of esters is 1. The molecule has 0 aromatic carbocycles. The van der Waals surface area contributed by atoms with Crippen molar-refractivity contribution in [1.82, 2.24) is 5.32 Å². The summed E-state index contributed by atoms with van der Waals surface area (Å²) >= 11 is 0. The van der Waals surface area contributed by atoms with Gasteiger partial charge in [-0.1, -0.05) is 0 Å². The highest BCUT2D eigenvalue weighted by Crippen LogP contribution is 2.26. The number of ether oxygens (including phenoxy) is 1. The Morgan fingerprint density at radius 2 is 2.00 bits per heavy atom. The first kappa shape index (κ1) is 9.93. The smallest absolute Gasteiger partial charge is 0.338 e. The fourth-order valence-corrected chi connectivity index (χ4v) is 1.79. The molecule has 2 fully saturated rings. The van der Waals surface area contributed by atoms with Gasteiger partial charge in [0.15, 0.2) is 5.60 Å². The quantitative estimate of drug-likeness (QED) is 0.624. The Labute approximate surface area is 83.6 Å². The molecule has 0 amide bonds. The molecule has 1 aliphatic heterocycles. The van der Waals surface area contributed by atoms with E-state index in [9.17, 15) is 9.90 Å². The van der Waals surface area contributed by atoms with E-state index in [0.717, 1.165) is 19.3 Å². The first-order valence-corrected chi connectivity index (χ1v) is 5.35. The van der Waals surface area contributed by atoms with Gasteiger partial charge in [-0.2, -0.15) is 0 Å². The van der Waals surface area contributed by atoms with Crippen LogP contribution in [0.1, 0.15) is 32.1 Å². The number of hydrogen-bond donors (Lipinski definition) is 2. The van der Waals surface area contributed by atoms with Crippen molar-refractivity contribution in [2.45, 2.75) is 43.8 Å². The summed E-state index contributed by atoms with van der Waals surface area (Å²) in [5.41, 5.74) is -1.22. The molecule has 1 saturated heterocycles. The number of carbonyl (C=O) groups is 1. The van der Waals surface area contributed by atoms with Gasteiger partial charge >= 0.3 is 5.97 Å². The Balaban J connectivity index is 1.87. The second-order valence-electron chi connectivity index (χ2n) is 4.24.